The van der Waals surface area contributed by atoms with E-state index in [9.17, 15) is 22.8 Å². The quantitative estimate of drug-likeness (QED) is 0.626. The molecular weight excluding hydrogens is 462 g/mol. The lowest BCUT2D eigenvalue weighted by Gasteiger charge is -2.50. The Kier molecular flexibility index (Phi) is 5.62. The zero-order chi connectivity index (χ0) is 23.3. The van der Waals surface area contributed by atoms with E-state index in [1.54, 1.807) is 16.3 Å². The number of carbonyl (C=O) groups is 3. The van der Waals surface area contributed by atoms with Crippen LogP contribution in [0.4, 0.5) is 0 Å². The average molecular weight is 488 g/mol. The van der Waals surface area contributed by atoms with Gasteiger partial charge in [0.05, 0.1) is 24.4 Å². The third kappa shape index (κ3) is 3.79. The van der Waals surface area contributed by atoms with Gasteiger partial charge in [-0.25, -0.2) is 8.42 Å². The third-order valence-corrected chi connectivity index (χ3v) is 9.94. The number of benzene rings is 1. The Morgan fingerprint density at radius 3 is 2.52 bits per heavy atom. The van der Waals surface area contributed by atoms with Crippen molar-refractivity contribution >= 4 is 39.1 Å². The maximum Gasteiger partial charge on any atom is 0.250 e. The predicted octanol–water partition coefficient (Wildman–Crippen LogP) is 1.84. The summed E-state index contributed by atoms with van der Waals surface area (Å²) in [6, 6.07) is 11.2. The molecule has 1 aromatic heterocycles. The minimum Gasteiger partial charge on any atom is -0.337 e. The molecule has 2 aromatic rings. The lowest BCUT2D eigenvalue weighted by atomic mass is 9.66. The predicted molar refractivity (Wildman–Crippen MR) is 121 cm³/mol. The lowest BCUT2D eigenvalue weighted by Crippen LogP contribution is -2.62. The molecule has 3 saturated heterocycles. The number of piperidine rings is 2. The molecule has 10 heteroatoms. The summed E-state index contributed by atoms with van der Waals surface area (Å²) in [5.41, 5.74) is 0.884. The monoisotopic (exact) mass is 487 g/mol. The van der Waals surface area contributed by atoms with E-state index in [4.69, 9.17) is 0 Å². The average Bonchev–Trinajstić information content (AvgIpc) is 3.45. The van der Waals surface area contributed by atoms with Crippen molar-refractivity contribution in [1.29, 1.82) is 0 Å². The van der Waals surface area contributed by atoms with Crippen molar-refractivity contribution in [3.8, 4) is 0 Å². The molecule has 1 N–H and O–H groups in total. The van der Waals surface area contributed by atoms with Crippen LogP contribution in [-0.4, -0.2) is 54.6 Å². The van der Waals surface area contributed by atoms with Crippen LogP contribution in [-0.2, 0) is 31.0 Å². The van der Waals surface area contributed by atoms with E-state index in [2.05, 4.69) is 4.72 Å². The number of nitrogens with one attached hydrogen (secondary N) is 1. The lowest BCUT2D eigenvalue weighted by molar-refractivity contribution is -0.151. The van der Waals surface area contributed by atoms with Crippen molar-refractivity contribution < 1.29 is 22.8 Å². The summed E-state index contributed by atoms with van der Waals surface area (Å²) in [5, 5.41) is 1.66. The van der Waals surface area contributed by atoms with Crippen molar-refractivity contribution in [2.24, 2.45) is 17.8 Å². The van der Waals surface area contributed by atoms with Crippen LogP contribution in [0.2, 0.25) is 0 Å². The van der Waals surface area contributed by atoms with Gasteiger partial charge < -0.3 is 4.90 Å². The highest BCUT2D eigenvalue weighted by Gasteiger charge is 2.61. The second-order valence-corrected chi connectivity index (χ2v) is 11.9. The number of sulfonamides is 1. The van der Waals surface area contributed by atoms with Crippen LogP contribution in [0.1, 0.15) is 25.3 Å². The fourth-order valence-corrected chi connectivity index (χ4v) is 7.75. The summed E-state index contributed by atoms with van der Waals surface area (Å²) in [5.74, 6) is -1.79. The van der Waals surface area contributed by atoms with Crippen LogP contribution < -0.4 is 4.72 Å². The summed E-state index contributed by atoms with van der Waals surface area (Å²) in [7, 11) is -3.80. The van der Waals surface area contributed by atoms with Gasteiger partial charge in [-0.1, -0.05) is 36.4 Å². The number of likely N-dealkylation sites (tertiary alicyclic amines) is 1. The Morgan fingerprint density at radius 1 is 1.09 bits per heavy atom. The van der Waals surface area contributed by atoms with Gasteiger partial charge in [-0.3, -0.25) is 19.3 Å². The molecule has 1 aliphatic carbocycles. The zero-order valence-electron chi connectivity index (χ0n) is 18.1. The van der Waals surface area contributed by atoms with Gasteiger partial charge in [-0.2, -0.15) is 4.72 Å². The van der Waals surface area contributed by atoms with Crippen LogP contribution in [0.15, 0.2) is 52.1 Å². The van der Waals surface area contributed by atoms with E-state index in [0.29, 0.717) is 13.0 Å². The number of thiophene rings is 1. The van der Waals surface area contributed by atoms with Gasteiger partial charge in [0.2, 0.25) is 17.7 Å². The molecule has 6 rings (SSSR count). The number of rotatable bonds is 6. The van der Waals surface area contributed by atoms with Crippen LogP contribution in [0, 0.1) is 17.8 Å². The molecule has 3 aliphatic heterocycles. The second kappa shape index (κ2) is 8.34. The highest BCUT2D eigenvalue weighted by atomic mass is 32.2. The molecule has 1 unspecified atom stereocenters. The van der Waals surface area contributed by atoms with Crippen LogP contribution in [0.25, 0.3) is 0 Å². The molecule has 4 fully saturated rings. The zero-order valence-corrected chi connectivity index (χ0v) is 19.7. The number of fused-ring (bicyclic) bond motifs is 2. The van der Waals surface area contributed by atoms with E-state index in [-0.39, 0.29) is 34.4 Å². The SMILES string of the molecule is CC(NS(=O)(=O)c1cccs1)C(=O)N1C[C@@H]2CC[C@H]1[C@H]1C(=O)N(Cc3ccccc3)C(=O)[C@@H]21. The van der Waals surface area contributed by atoms with Crippen LogP contribution in [0.5, 0.6) is 0 Å². The molecule has 4 aliphatic rings. The van der Waals surface area contributed by atoms with Crippen molar-refractivity contribution in [3.63, 3.8) is 0 Å². The molecule has 1 saturated carbocycles. The first-order chi connectivity index (χ1) is 15.8. The van der Waals surface area contributed by atoms with Gasteiger partial charge >= 0.3 is 0 Å². The molecule has 33 heavy (non-hydrogen) atoms. The maximum absolute atomic E-state index is 13.3. The fourth-order valence-electron chi connectivity index (χ4n) is 5.54. The molecular formula is C23H25N3O5S2. The Morgan fingerprint density at radius 2 is 1.82 bits per heavy atom. The molecule has 0 spiro atoms. The van der Waals surface area contributed by atoms with Gasteiger partial charge in [-0.05, 0) is 42.7 Å². The highest BCUT2D eigenvalue weighted by Crippen LogP contribution is 2.48. The largest absolute Gasteiger partial charge is 0.337 e. The van der Waals surface area contributed by atoms with E-state index in [1.165, 1.54) is 17.9 Å². The number of nitrogens with zero attached hydrogens (tertiary/aromatic N) is 2. The normalized spacial score (nSPS) is 27.7. The number of carbonyl (C=O) groups excluding carboxylic acids is 3. The standard InChI is InChI=1S/C23H25N3O5S2/c1-14(24-33(30,31)18-8-5-11-32-18)21(27)25-13-16-9-10-17(25)20-19(16)22(28)26(23(20)29)12-15-6-3-2-4-7-15/h2-8,11,14,16-17,19-20,24H,9-10,12-13H2,1H3/t14?,16-,17-,19-,20+/m0/s1. The number of amides is 3. The first kappa shape index (κ1) is 22.2. The van der Waals surface area contributed by atoms with Crippen LogP contribution >= 0.6 is 11.3 Å². The van der Waals surface area contributed by atoms with E-state index in [1.807, 2.05) is 30.3 Å². The summed E-state index contributed by atoms with van der Waals surface area (Å²) >= 11 is 1.08. The maximum atomic E-state index is 13.3. The molecule has 1 aromatic carbocycles. The first-order valence-electron chi connectivity index (χ1n) is 11.0. The van der Waals surface area contributed by atoms with Gasteiger partial charge in [0, 0.05) is 12.6 Å². The smallest absolute Gasteiger partial charge is 0.250 e. The number of hydrogen-bond acceptors (Lipinski definition) is 6. The van der Waals surface area contributed by atoms with E-state index in [0.717, 1.165) is 23.3 Å². The van der Waals surface area contributed by atoms with Gasteiger partial charge in [0.15, 0.2) is 0 Å². The van der Waals surface area contributed by atoms with E-state index < -0.39 is 33.9 Å². The van der Waals surface area contributed by atoms with E-state index >= 15 is 0 Å². The molecule has 8 nitrogen and oxygen atoms in total. The summed E-state index contributed by atoms with van der Waals surface area (Å²) in [6.07, 6.45) is 1.42. The topological polar surface area (TPSA) is 104 Å². The minimum absolute atomic E-state index is 0.0951. The summed E-state index contributed by atoms with van der Waals surface area (Å²) in [6.45, 7) is 2.13. The molecule has 4 heterocycles. The third-order valence-electron chi connectivity index (χ3n) is 7.01. The Labute approximate surface area is 196 Å². The fraction of sp³-hybridized carbons (Fsp3) is 0.435. The number of hydrogen-bond donors (Lipinski definition) is 1. The van der Waals surface area contributed by atoms with Gasteiger partial charge in [0.1, 0.15) is 4.21 Å². The van der Waals surface area contributed by atoms with Crippen molar-refractivity contribution in [1.82, 2.24) is 14.5 Å². The molecule has 0 radical (unpaired) electrons. The highest BCUT2D eigenvalue weighted by molar-refractivity contribution is 7.91. The first-order valence-corrected chi connectivity index (χ1v) is 13.4. The van der Waals surface area contributed by atoms with Crippen LogP contribution in [0.3, 0.4) is 0 Å². The number of imide groups is 1. The Hall–Kier alpha value is -2.56. The van der Waals surface area contributed by atoms with Crippen molar-refractivity contribution in [2.75, 3.05) is 6.54 Å². The molecule has 174 valence electrons. The molecule has 5 atom stereocenters. The van der Waals surface area contributed by atoms with Crippen molar-refractivity contribution in [3.05, 3.63) is 53.4 Å². The summed E-state index contributed by atoms with van der Waals surface area (Å²) in [4.78, 5) is 42.8. The molecule has 2 bridgehead atoms. The molecule has 3 amide bonds. The van der Waals surface area contributed by atoms with Gasteiger partial charge in [-0.15, -0.1) is 11.3 Å². The second-order valence-electron chi connectivity index (χ2n) is 8.97. The Bertz CT molecular complexity index is 1180. The summed E-state index contributed by atoms with van der Waals surface area (Å²) < 4.78 is 27.8. The van der Waals surface area contributed by atoms with Gasteiger partial charge in [0.25, 0.3) is 10.0 Å². The minimum atomic E-state index is -3.80. The van der Waals surface area contributed by atoms with Crippen molar-refractivity contribution in [2.45, 2.75) is 42.6 Å². The Balaban J connectivity index is 1.34.